The Labute approximate surface area is 400 Å². The quantitative estimate of drug-likeness (QED) is 0.0328. The molecule has 0 fully saturated rings. The molecule has 0 aromatic heterocycles. The summed E-state index contributed by atoms with van der Waals surface area (Å²) in [5.41, 5.74) is 10.8. The zero-order valence-electron chi connectivity index (χ0n) is 38.6. The highest BCUT2D eigenvalue weighted by atomic mass is 16.4. The van der Waals surface area contributed by atoms with Gasteiger partial charge in [-0.1, -0.05) is 44.2 Å². The molecule has 29 heteroatoms. The number of carboxylic acids is 2. The maximum absolute atomic E-state index is 13.9. The maximum Gasteiger partial charge on any atom is 0.326 e. The van der Waals surface area contributed by atoms with Crippen molar-refractivity contribution < 1.29 is 88.2 Å². The van der Waals surface area contributed by atoms with Crippen LogP contribution in [0.2, 0.25) is 0 Å². The predicted molar refractivity (Wildman–Crippen MR) is 238 cm³/mol. The van der Waals surface area contributed by atoms with Gasteiger partial charge in [0.05, 0.1) is 51.4 Å². The monoisotopic (exact) mass is 997 g/mol. The second kappa shape index (κ2) is 30.2. The van der Waals surface area contributed by atoms with Crippen LogP contribution in [0.25, 0.3) is 0 Å². The van der Waals surface area contributed by atoms with Crippen molar-refractivity contribution in [1.29, 1.82) is 0 Å². The molecule has 0 saturated carbocycles. The number of nitrogens with two attached hydrogens (primary N) is 2. The number of benzene rings is 1. The first-order valence-electron chi connectivity index (χ1n) is 21.5. The standard InChI is InChI=1S/C41H63N11O18/c1-18(2)10-23(36(64)50-26(41(69)70)12-28(43)57)48-40(68)33(20(4)56)52-38(66)24(11-21-8-6-5-7-9-21)47-37(65)25(13-31(60)61)49-39(67)32(19(3)55)51-30(59)15-45-35(63)27(17-54)46-29(58)14-44-34(62)22(42)16-53/h5-9,18-20,22-27,32-33,53-56H,10-17,42H2,1-4H3,(H2,43,57)(H,44,62)(H,45,63)(H,46,58)(H,47,65)(H,48,68)(H,49,67)(H,50,64)(H,51,59)(H,52,66)(H,60,61)(H,69,70)/t19-,20-,22+,23+,24+,25+,26+,27+,32+,33+/m1/s1. The number of carboxylic acid groups (broad SMARTS) is 2. The minimum atomic E-state index is -2.03. The molecule has 70 heavy (non-hydrogen) atoms. The lowest BCUT2D eigenvalue weighted by Crippen LogP contribution is -2.62. The van der Waals surface area contributed by atoms with Crippen LogP contribution < -0.4 is 59.3 Å². The molecule has 0 aliphatic carbocycles. The third kappa shape index (κ3) is 22.2. The van der Waals surface area contributed by atoms with Gasteiger partial charge in [-0.3, -0.25) is 52.7 Å². The summed E-state index contributed by atoms with van der Waals surface area (Å²) in [6.45, 7) is 2.09. The van der Waals surface area contributed by atoms with E-state index in [2.05, 4.69) is 47.9 Å². The fourth-order valence-corrected chi connectivity index (χ4v) is 6.01. The molecule has 0 unspecified atom stereocenters. The number of primary amides is 1. The van der Waals surface area contributed by atoms with Gasteiger partial charge in [0, 0.05) is 6.42 Å². The van der Waals surface area contributed by atoms with Gasteiger partial charge in [-0.05, 0) is 31.7 Å². The molecule has 0 aliphatic rings. The van der Waals surface area contributed by atoms with Gasteiger partial charge in [-0.15, -0.1) is 0 Å². The summed E-state index contributed by atoms with van der Waals surface area (Å²) in [4.78, 5) is 152. The molecule has 1 aromatic rings. The highest BCUT2D eigenvalue weighted by molar-refractivity contribution is 5.99. The molecule has 1 aromatic carbocycles. The van der Waals surface area contributed by atoms with Crippen LogP contribution in [0.3, 0.4) is 0 Å². The molecular weight excluding hydrogens is 935 g/mol. The Morgan fingerprint density at radius 1 is 0.529 bits per heavy atom. The lowest BCUT2D eigenvalue weighted by molar-refractivity contribution is -0.144. The molecule has 19 N–H and O–H groups in total. The van der Waals surface area contributed by atoms with Crippen molar-refractivity contribution in [2.24, 2.45) is 17.4 Å². The van der Waals surface area contributed by atoms with Gasteiger partial charge < -0.3 is 90.0 Å². The largest absolute Gasteiger partial charge is 0.481 e. The fourth-order valence-electron chi connectivity index (χ4n) is 6.01. The maximum atomic E-state index is 13.9. The molecule has 0 spiro atoms. The normalized spacial score (nSPS) is 15.2. The molecule has 10 amide bonds. The average Bonchev–Trinajstić information content (AvgIpc) is 3.28. The number of amides is 10. The minimum absolute atomic E-state index is 0.0960. The van der Waals surface area contributed by atoms with Crippen LogP contribution in [0.4, 0.5) is 0 Å². The van der Waals surface area contributed by atoms with Crippen LogP contribution in [0.1, 0.15) is 52.5 Å². The molecule has 390 valence electrons. The third-order valence-electron chi connectivity index (χ3n) is 9.65. The van der Waals surface area contributed by atoms with Gasteiger partial charge >= 0.3 is 11.9 Å². The smallest absolute Gasteiger partial charge is 0.326 e. The van der Waals surface area contributed by atoms with Crippen LogP contribution in [0.5, 0.6) is 0 Å². The van der Waals surface area contributed by atoms with Gasteiger partial charge in [0.25, 0.3) is 0 Å². The van der Waals surface area contributed by atoms with Crippen molar-refractivity contribution in [3.05, 3.63) is 35.9 Å². The van der Waals surface area contributed by atoms with Crippen molar-refractivity contribution in [1.82, 2.24) is 47.9 Å². The molecule has 1 rings (SSSR count). The Bertz CT molecular complexity index is 2020. The Kier molecular flexibility index (Phi) is 26.2. The van der Waals surface area contributed by atoms with Crippen LogP contribution in [0, 0.1) is 5.92 Å². The summed E-state index contributed by atoms with van der Waals surface area (Å²) in [7, 11) is 0. The molecular formula is C41H63N11O18. The Morgan fingerprint density at radius 3 is 1.49 bits per heavy atom. The predicted octanol–water partition coefficient (Wildman–Crippen LogP) is -8.59. The second-order valence-corrected chi connectivity index (χ2v) is 16.2. The summed E-state index contributed by atoms with van der Waals surface area (Å²) in [6, 6.07) is -5.87. The van der Waals surface area contributed by atoms with Crippen LogP contribution in [-0.4, -0.2) is 188 Å². The highest BCUT2D eigenvalue weighted by Gasteiger charge is 2.37. The zero-order valence-corrected chi connectivity index (χ0v) is 38.6. The summed E-state index contributed by atoms with van der Waals surface area (Å²) >= 11 is 0. The highest BCUT2D eigenvalue weighted by Crippen LogP contribution is 2.10. The summed E-state index contributed by atoms with van der Waals surface area (Å²) in [5, 5.41) is 78.1. The first-order valence-corrected chi connectivity index (χ1v) is 21.5. The molecule has 0 aliphatic heterocycles. The Hall–Kier alpha value is -7.34. The van der Waals surface area contributed by atoms with E-state index in [0.29, 0.717) is 5.56 Å². The lowest BCUT2D eigenvalue weighted by atomic mass is 10.0. The Balaban J connectivity index is 3.28. The van der Waals surface area contributed by atoms with E-state index in [-0.39, 0.29) is 18.8 Å². The van der Waals surface area contributed by atoms with Gasteiger partial charge in [0.2, 0.25) is 59.1 Å². The van der Waals surface area contributed by atoms with Crippen molar-refractivity contribution in [3.63, 3.8) is 0 Å². The SMILES string of the molecule is CC(C)C[C@H](NC(=O)[C@@H](NC(=O)[C@H](Cc1ccccc1)NC(=O)[C@H](CC(=O)O)NC(=O)[C@@H](NC(=O)CNC(=O)[C@H](CO)NC(=O)CNC(=O)[C@@H](N)CO)[C@@H](C)O)[C@@H](C)O)C(=O)N[C@@H](CC(N)=O)C(=O)O. The van der Waals surface area contributed by atoms with Crippen molar-refractivity contribution in [2.45, 2.75) is 114 Å². The molecule has 29 nitrogen and oxygen atoms in total. The van der Waals surface area contributed by atoms with E-state index in [1.165, 1.54) is 12.1 Å². The van der Waals surface area contributed by atoms with Gasteiger partial charge in [0.15, 0.2) is 0 Å². The van der Waals surface area contributed by atoms with Crippen LogP contribution in [0.15, 0.2) is 30.3 Å². The number of nitrogens with one attached hydrogen (secondary N) is 9. The number of aliphatic hydroxyl groups is 4. The fraction of sp³-hybridized carbons (Fsp3) is 0.561. The van der Waals surface area contributed by atoms with E-state index in [4.69, 9.17) is 16.6 Å². The molecule has 0 bridgehead atoms. The van der Waals surface area contributed by atoms with Gasteiger partial charge in [-0.25, -0.2) is 4.79 Å². The topological polar surface area (TPSA) is 487 Å². The number of hydrogen-bond donors (Lipinski definition) is 17. The van der Waals surface area contributed by atoms with E-state index >= 15 is 0 Å². The minimum Gasteiger partial charge on any atom is -0.481 e. The summed E-state index contributed by atoms with van der Waals surface area (Å²) in [6.07, 6.45) is -5.80. The van der Waals surface area contributed by atoms with E-state index in [1.54, 1.807) is 32.0 Å². The number of carbonyl (C=O) groups is 12. The molecule has 0 radical (unpaired) electrons. The van der Waals surface area contributed by atoms with Crippen molar-refractivity contribution in [3.8, 4) is 0 Å². The number of carbonyl (C=O) groups excluding carboxylic acids is 10. The average molecular weight is 998 g/mol. The number of rotatable bonds is 31. The van der Waals surface area contributed by atoms with E-state index in [9.17, 15) is 83.1 Å². The van der Waals surface area contributed by atoms with Crippen molar-refractivity contribution in [2.75, 3.05) is 26.3 Å². The van der Waals surface area contributed by atoms with E-state index in [1.807, 2.05) is 0 Å². The van der Waals surface area contributed by atoms with Crippen molar-refractivity contribution >= 4 is 71.0 Å². The van der Waals surface area contributed by atoms with Gasteiger partial charge in [-0.2, -0.15) is 0 Å². The molecule has 10 atom stereocenters. The van der Waals surface area contributed by atoms with E-state index in [0.717, 1.165) is 13.8 Å². The molecule has 0 saturated heterocycles. The zero-order chi connectivity index (χ0) is 53.4. The summed E-state index contributed by atoms with van der Waals surface area (Å²) in [5.74, 6) is -14.7. The number of aliphatic carboxylic acids is 2. The van der Waals surface area contributed by atoms with E-state index < -0.39 is 171 Å². The van der Waals surface area contributed by atoms with Crippen LogP contribution in [-0.2, 0) is 64.0 Å². The second-order valence-electron chi connectivity index (χ2n) is 16.2. The first kappa shape index (κ1) is 60.7. The first-order chi connectivity index (χ1) is 32.7. The van der Waals surface area contributed by atoms with Crippen LogP contribution >= 0.6 is 0 Å². The Morgan fingerprint density at radius 2 is 1.00 bits per heavy atom. The number of aliphatic hydroxyl groups excluding tert-OH is 4. The third-order valence-corrected chi connectivity index (χ3v) is 9.65. The number of hydrogen-bond acceptors (Lipinski definition) is 17. The summed E-state index contributed by atoms with van der Waals surface area (Å²) < 4.78 is 0. The molecule has 0 heterocycles. The lowest BCUT2D eigenvalue weighted by Gasteiger charge is -2.28. The van der Waals surface area contributed by atoms with Gasteiger partial charge in [0.1, 0.15) is 48.3 Å².